The smallest absolute Gasteiger partial charge is 0.195 e. The van der Waals surface area contributed by atoms with Gasteiger partial charge in [0.05, 0.1) is 0 Å². The fourth-order valence-electron chi connectivity index (χ4n) is 2.13. The number of carbonyl (C=O) groups excluding carboxylic acids is 1. The Kier molecular flexibility index (Phi) is 3.06. The molecule has 0 aliphatic heterocycles. The van der Waals surface area contributed by atoms with Crippen LogP contribution >= 0.6 is 15.9 Å². The normalized spacial score (nSPS) is 10.9. The number of anilines is 1. The van der Waals surface area contributed by atoms with Gasteiger partial charge in [-0.05, 0) is 52.3 Å². The fraction of sp³-hybridized carbons (Fsp3) is 0. The molecule has 0 amide bonds. The minimum atomic E-state index is -0.341. The van der Waals surface area contributed by atoms with Gasteiger partial charge in [-0.15, -0.1) is 0 Å². The second-order valence-electron chi connectivity index (χ2n) is 4.46. The van der Waals surface area contributed by atoms with Crippen LogP contribution in [0.3, 0.4) is 0 Å². The van der Waals surface area contributed by atoms with Crippen molar-refractivity contribution >= 4 is 38.3 Å². The zero-order valence-electron chi connectivity index (χ0n) is 10.3. The number of H-pyrrole nitrogens is 1. The average Bonchev–Trinajstić information content (AvgIpc) is 2.84. The number of aromatic nitrogens is 1. The van der Waals surface area contributed by atoms with E-state index in [9.17, 15) is 9.18 Å². The second kappa shape index (κ2) is 4.76. The zero-order chi connectivity index (χ0) is 14.3. The SMILES string of the molecule is Nc1cc(C(=O)c2c[nH]c3cc(F)ccc23)ccc1Br. The first-order valence-corrected chi connectivity index (χ1v) is 6.72. The molecule has 1 aromatic heterocycles. The number of aromatic amines is 1. The Morgan fingerprint density at radius 1 is 1.20 bits per heavy atom. The van der Waals surface area contributed by atoms with E-state index in [1.807, 2.05) is 0 Å². The lowest BCUT2D eigenvalue weighted by Gasteiger charge is -2.03. The molecule has 0 bridgehead atoms. The summed E-state index contributed by atoms with van der Waals surface area (Å²) in [7, 11) is 0. The van der Waals surface area contributed by atoms with Gasteiger partial charge in [-0.25, -0.2) is 4.39 Å². The molecule has 100 valence electrons. The highest BCUT2D eigenvalue weighted by Gasteiger charge is 2.15. The van der Waals surface area contributed by atoms with Gasteiger partial charge in [0.15, 0.2) is 5.78 Å². The molecule has 20 heavy (non-hydrogen) atoms. The molecular formula is C15H10BrFN2O. The van der Waals surface area contributed by atoms with E-state index in [1.165, 1.54) is 12.1 Å². The molecule has 0 saturated carbocycles. The maximum Gasteiger partial charge on any atom is 0.195 e. The Hall–Kier alpha value is -2.14. The first-order chi connectivity index (χ1) is 9.56. The lowest BCUT2D eigenvalue weighted by molar-refractivity contribution is 0.104. The number of nitrogen functional groups attached to an aromatic ring is 1. The Balaban J connectivity index is 2.10. The summed E-state index contributed by atoms with van der Waals surface area (Å²) in [6.07, 6.45) is 1.59. The summed E-state index contributed by atoms with van der Waals surface area (Å²) >= 11 is 3.29. The van der Waals surface area contributed by atoms with Crippen LogP contribution < -0.4 is 5.73 Å². The number of halogens is 2. The van der Waals surface area contributed by atoms with Crippen molar-refractivity contribution in [1.82, 2.24) is 4.98 Å². The van der Waals surface area contributed by atoms with E-state index in [0.29, 0.717) is 27.7 Å². The molecule has 0 aliphatic carbocycles. The summed E-state index contributed by atoms with van der Waals surface area (Å²) in [5.41, 5.74) is 7.88. The molecule has 1 heterocycles. The van der Waals surface area contributed by atoms with Crippen LogP contribution in [0.2, 0.25) is 0 Å². The van der Waals surface area contributed by atoms with Gasteiger partial charge in [-0.2, -0.15) is 0 Å². The third kappa shape index (κ3) is 2.10. The van der Waals surface area contributed by atoms with Gasteiger partial charge in [0.1, 0.15) is 5.82 Å². The fourth-order valence-corrected chi connectivity index (χ4v) is 2.37. The summed E-state index contributed by atoms with van der Waals surface area (Å²) in [6.45, 7) is 0. The van der Waals surface area contributed by atoms with E-state index >= 15 is 0 Å². The molecule has 3 nitrogen and oxygen atoms in total. The molecule has 0 unspecified atom stereocenters. The van der Waals surface area contributed by atoms with Crippen molar-refractivity contribution in [3.8, 4) is 0 Å². The second-order valence-corrected chi connectivity index (χ2v) is 5.31. The van der Waals surface area contributed by atoms with Gasteiger partial charge in [-0.3, -0.25) is 4.79 Å². The van der Waals surface area contributed by atoms with E-state index in [2.05, 4.69) is 20.9 Å². The van der Waals surface area contributed by atoms with Crippen molar-refractivity contribution in [2.24, 2.45) is 0 Å². The maximum absolute atomic E-state index is 13.1. The van der Waals surface area contributed by atoms with Crippen molar-refractivity contribution in [2.75, 3.05) is 5.73 Å². The highest BCUT2D eigenvalue weighted by molar-refractivity contribution is 9.10. The minimum Gasteiger partial charge on any atom is -0.398 e. The summed E-state index contributed by atoms with van der Waals surface area (Å²) in [4.78, 5) is 15.4. The van der Waals surface area contributed by atoms with Crippen molar-refractivity contribution in [3.63, 3.8) is 0 Å². The molecule has 0 radical (unpaired) electrons. The summed E-state index contributed by atoms with van der Waals surface area (Å²) in [6, 6.07) is 9.35. The standard InChI is InChI=1S/C15H10BrFN2O/c16-12-4-1-8(5-13(12)18)15(20)11-7-19-14-6-9(17)2-3-10(11)14/h1-7,19H,18H2. The van der Waals surface area contributed by atoms with Crippen molar-refractivity contribution in [2.45, 2.75) is 0 Å². The number of hydrogen-bond donors (Lipinski definition) is 2. The molecule has 3 N–H and O–H groups in total. The third-order valence-electron chi connectivity index (χ3n) is 3.15. The van der Waals surface area contributed by atoms with Crippen molar-refractivity contribution < 1.29 is 9.18 Å². The van der Waals surface area contributed by atoms with Crippen molar-refractivity contribution in [1.29, 1.82) is 0 Å². The van der Waals surface area contributed by atoms with E-state index in [-0.39, 0.29) is 11.6 Å². The molecule has 0 saturated heterocycles. The van der Waals surface area contributed by atoms with Gasteiger partial charge in [0.2, 0.25) is 0 Å². The quantitative estimate of drug-likeness (QED) is 0.552. The van der Waals surface area contributed by atoms with Crippen LogP contribution in [-0.4, -0.2) is 10.8 Å². The molecule has 3 aromatic rings. The van der Waals surface area contributed by atoms with Crippen LogP contribution in [-0.2, 0) is 0 Å². The lowest BCUT2D eigenvalue weighted by atomic mass is 10.0. The molecule has 5 heteroatoms. The number of ketones is 1. The van der Waals surface area contributed by atoms with Crippen LogP contribution in [0.25, 0.3) is 10.9 Å². The number of carbonyl (C=O) groups is 1. The number of benzene rings is 2. The molecule has 0 fully saturated rings. The van der Waals surface area contributed by atoms with Crippen LogP contribution in [0.1, 0.15) is 15.9 Å². The monoisotopic (exact) mass is 332 g/mol. The van der Waals surface area contributed by atoms with Crippen LogP contribution in [0.5, 0.6) is 0 Å². The Labute approximate surface area is 122 Å². The third-order valence-corrected chi connectivity index (χ3v) is 3.87. The van der Waals surface area contributed by atoms with Gasteiger partial charge < -0.3 is 10.7 Å². The molecule has 0 aliphatic rings. The zero-order valence-corrected chi connectivity index (χ0v) is 11.9. The molecule has 0 atom stereocenters. The van der Waals surface area contributed by atoms with Gasteiger partial charge >= 0.3 is 0 Å². The predicted molar refractivity (Wildman–Crippen MR) is 80.2 cm³/mol. The first-order valence-electron chi connectivity index (χ1n) is 5.92. The van der Waals surface area contributed by atoms with E-state index in [1.54, 1.807) is 30.5 Å². The molecular weight excluding hydrogens is 323 g/mol. The maximum atomic E-state index is 13.1. The topological polar surface area (TPSA) is 58.9 Å². The number of fused-ring (bicyclic) bond motifs is 1. The van der Waals surface area contributed by atoms with Gasteiger partial charge in [0, 0.05) is 38.4 Å². The highest BCUT2D eigenvalue weighted by atomic mass is 79.9. The summed E-state index contributed by atoms with van der Waals surface area (Å²) in [5.74, 6) is -0.492. The molecule has 2 aromatic carbocycles. The summed E-state index contributed by atoms with van der Waals surface area (Å²) < 4.78 is 13.9. The lowest BCUT2D eigenvalue weighted by Crippen LogP contribution is -2.01. The number of nitrogens with two attached hydrogens (primary N) is 1. The minimum absolute atomic E-state index is 0.151. The van der Waals surface area contributed by atoms with E-state index in [4.69, 9.17) is 5.73 Å². The van der Waals surface area contributed by atoms with Crippen LogP contribution in [0.4, 0.5) is 10.1 Å². The first kappa shape index (κ1) is 12.9. The predicted octanol–water partition coefficient (Wildman–Crippen LogP) is 3.88. The summed E-state index contributed by atoms with van der Waals surface area (Å²) in [5, 5.41) is 0.692. The number of rotatable bonds is 2. The molecule has 0 spiro atoms. The number of nitrogens with one attached hydrogen (secondary N) is 1. The van der Waals surface area contributed by atoms with Crippen molar-refractivity contribution in [3.05, 3.63) is 64.0 Å². The van der Waals surface area contributed by atoms with Gasteiger partial charge in [-0.1, -0.05) is 0 Å². The van der Waals surface area contributed by atoms with E-state index in [0.717, 1.165) is 4.47 Å². The average molecular weight is 333 g/mol. The highest BCUT2D eigenvalue weighted by Crippen LogP contribution is 2.25. The molecule has 3 rings (SSSR count). The van der Waals surface area contributed by atoms with Gasteiger partial charge in [0.25, 0.3) is 0 Å². The largest absolute Gasteiger partial charge is 0.398 e. The van der Waals surface area contributed by atoms with E-state index < -0.39 is 0 Å². The number of hydrogen-bond acceptors (Lipinski definition) is 2. The Morgan fingerprint density at radius 3 is 2.75 bits per heavy atom. The van der Waals surface area contributed by atoms with Crippen LogP contribution in [0, 0.1) is 5.82 Å². The Morgan fingerprint density at radius 2 is 2.00 bits per heavy atom. The van der Waals surface area contributed by atoms with Crippen LogP contribution in [0.15, 0.2) is 47.1 Å². The Bertz CT molecular complexity index is 826.